The second kappa shape index (κ2) is 18.2. The number of imidazole rings is 1. The molecule has 1 amide bonds. The van der Waals surface area contributed by atoms with Crippen LogP contribution in [0.25, 0.3) is 40.0 Å². The van der Waals surface area contributed by atoms with Crippen molar-refractivity contribution in [2.24, 2.45) is 0 Å². The number of unbranched alkanes of at least 4 members (excludes halogenated alkanes) is 9. The van der Waals surface area contributed by atoms with Gasteiger partial charge in [-0.05, 0) is 54.5 Å². The molecule has 2 aromatic carbocycles. The Morgan fingerprint density at radius 3 is 2.16 bits per heavy atom. The van der Waals surface area contributed by atoms with Crippen LogP contribution in [-0.4, -0.2) is 45.1 Å². The van der Waals surface area contributed by atoms with E-state index in [1.54, 1.807) is 30.6 Å². The normalized spacial score (nSPS) is 11.1. The van der Waals surface area contributed by atoms with Crippen molar-refractivity contribution in [1.29, 1.82) is 0 Å². The first-order valence-electron chi connectivity index (χ1n) is 16.0. The molecule has 0 saturated carbocycles. The second-order valence-corrected chi connectivity index (χ2v) is 11.2. The number of aliphatic carboxylic acids is 1. The van der Waals surface area contributed by atoms with Gasteiger partial charge in [0.15, 0.2) is 6.61 Å². The van der Waals surface area contributed by atoms with Crippen LogP contribution in [0.1, 0.15) is 76.7 Å². The summed E-state index contributed by atoms with van der Waals surface area (Å²) < 4.78 is 5.29. The van der Waals surface area contributed by atoms with Crippen molar-refractivity contribution in [3.8, 4) is 39.7 Å². The largest absolute Gasteiger partial charge is 0.482 e. The molecule has 0 spiro atoms. The lowest BCUT2D eigenvalue weighted by atomic mass is 10.0. The number of carbonyl (C=O) groups is 2. The molecule has 45 heavy (non-hydrogen) atoms. The van der Waals surface area contributed by atoms with Crippen molar-refractivity contribution >= 4 is 18.0 Å². The van der Waals surface area contributed by atoms with Gasteiger partial charge in [0.1, 0.15) is 11.6 Å². The highest BCUT2D eigenvalue weighted by molar-refractivity contribution is 5.91. The SMILES string of the molecule is CCCCCCCCCCCCNC(=O)/C=C/c1ccc(-c2[nH]c(-c3cccnc3)nc2-c2ccc(OCC(=O)O)cc2)cc1. The predicted octanol–water partition coefficient (Wildman–Crippen LogP) is 8.32. The first-order valence-corrected chi connectivity index (χ1v) is 16.0. The summed E-state index contributed by atoms with van der Waals surface area (Å²) in [4.78, 5) is 35.8. The summed E-state index contributed by atoms with van der Waals surface area (Å²) in [6.07, 6.45) is 19.6. The van der Waals surface area contributed by atoms with Gasteiger partial charge < -0.3 is 20.1 Å². The van der Waals surface area contributed by atoms with Crippen LogP contribution in [-0.2, 0) is 9.59 Å². The van der Waals surface area contributed by atoms with Gasteiger partial charge >= 0.3 is 5.97 Å². The van der Waals surface area contributed by atoms with Crippen LogP contribution in [0.2, 0.25) is 0 Å². The van der Waals surface area contributed by atoms with E-state index >= 15 is 0 Å². The van der Waals surface area contributed by atoms with Gasteiger partial charge in [0.2, 0.25) is 5.91 Å². The topological polar surface area (TPSA) is 117 Å². The second-order valence-electron chi connectivity index (χ2n) is 11.2. The quantitative estimate of drug-likeness (QED) is 0.0728. The average molecular weight is 609 g/mol. The Morgan fingerprint density at radius 1 is 0.844 bits per heavy atom. The fourth-order valence-electron chi connectivity index (χ4n) is 5.10. The molecular formula is C37H44N4O4. The average Bonchev–Trinajstić information content (AvgIpc) is 3.52. The highest BCUT2D eigenvalue weighted by Crippen LogP contribution is 2.34. The molecule has 4 aromatic rings. The zero-order chi connectivity index (χ0) is 31.7. The minimum absolute atomic E-state index is 0.0808. The van der Waals surface area contributed by atoms with Gasteiger partial charge in [0.25, 0.3) is 0 Å². The van der Waals surface area contributed by atoms with Crippen LogP contribution >= 0.6 is 0 Å². The van der Waals surface area contributed by atoms with Gasteiger partial charge in [-0.1, -0.05) is 89.0 Å². The number of benzene rings is 2. The molecule has 8 heteroatoms. The molecule has 0 unspecified atom stereocenters. The van der Waals surface area contributed by atoms with Crippen LogP contribution in [0.4, 0.5) is 0 Å². The van der Waals surface area contributed by atoms with Crippen molar-refractivity contribution in [1.82, 2.24) is 20.3 Å². The number of carboxylic acid groups (broad SMARTS) is 1. The summed E-state index contributed by atoms with van der Waals surface area (Å²) in [6.45, 7) is 2.55. The summed E-state index contributed by atoms with van der Waals surface area (Å²) in [7, 11) is 0. The van der Waals surface area contributed by atoms with Gasteiger partial charge in [-0.15, -0.1) is 0 Å². The first-order chi connectivity index (χ1) is 22.0. The van der Waals surface area contributed by atoms with E-state index in [2.05, 4.69) is 22.2 Å². The molecule has 0 fully saturated rings. The van der Waals surface area contributed by atoms with E-state index in [0.717, 1.165) is 46.5 Å². The summed E-state index contributed by atoms with van der Waals surface area (Å²) in [5.41, 5.74) is 5.13. The highest BCUT2D eigenvalue weighted by atomic mass is 16.5. The van der Waals surface area contributed by atoms with Gasteiger partial charge in [0.05, 0.1) is 11.4 Å². The van der Waals surface area contributed by atoms with E-state index in [0.29, 0.717) is 18.1 Å². The fourth-order valence-corrected chi connectivity index (χ4v) is 5.10. The van der Waals surface area contributed by atoms with Crippen LogP contribution in [0.15, 0.2) is 79.1 Å². The van der Waals surface area contributed by atoms with E-state index in [4.69, 9.17) is 14.8 Å². The molecule has 0 radical (unpaired) electrons. The molecule has 236 valence electrons. The van der Waals surface area contributed by atoms with Crippen LogP contribution in [0, 0.1) is 0 Å². The molecule has 0 bridgehead atoms. The minimum atomic E-state index is -1.03. The van der Waals surface area contributed by atoms with Crippen molar-refractivity contribution in [2.45, 2.75) is 71.1 Å². The summed E-state index contributed by atoms with van der Waals surface area (Å²) in [5, 5.41) is 11.9. The van der Waals surface area contributed by atoms with Gasteiger partial charge in [-0.3, -0.25) is 9.78 Å². The Hall–Kier alpha value is -4.72. The molecule has 2 aromatic heterocycles. The molecule has 0 aliphatic heterocycles. The zero-order valence-electron chi connectivity index (χ0n) is 26.1. The zero-order valence-corrected chi connectivity index (χ0v) is 26.1. The number of hydrogen-bond acceptors (Lipinski definition) is 5. The smallest absolute Gasteiger partial charge is 0.341 e. The summed E-state index contributed by atoms with van der Waals surface area (Å²) >= 11 is 0. The number of amides is 1. The number of aromatic nitrogens is 3. The fraction of sp³-hybridized carbons (Fsp3) is 0.351. The maximum absolute atomic E-state index is 12.3. The molecule has 0 atom stereocenters. The van der Waals surface area contributed by atoms with E-state index < -0.39 is 12.6 Å². The molecule has 0 aliphatic rings. The molecule has 8 nitrogen and oxygen atoms in total. The molecular weight excluding hydrogens is 564 g/mol. The van der Waals surface area contributed by atoms with E-state index in [1.807, 2.05) is 54.6 Å². The highest BCUT2D eigenvalue weighted by Gasteiger charge is 2.16. The Kier molecular flexibility index (Phi) is 13.4. The lowest BCUT2D eigenvalue weighted by molar-refractivity contribution is -0.139. The van der Waals surface area contributed by atoms with Crippen molar-refractivity contribution in [3.63, 3.8) is 0 Å². The first kappa shape index (κ1) is 33.2. The third-order valence-electron chi connectivity index (χ3n) is 7.58. The number of rotatable bonds is 19. The lowest BCUT2D eigenvalue weighted by Gasteiger charge is -2.06. The number of pyridine rings is 1. The van der Waals surface area contributed by atoms with Crippen molar-refractivity contribution in [2.75, 3.05) is 13.2 Å². The Bertz CT molecular complexity index is 1500. The Balaban J connectivity index is 1.33. The predicted molar refractivity (Wildman–Crippen MR) is 180 cm³/mol. The standard InChI is InChI=1S/C37H44N4O4/c1-2-3-4-5-6-7-8-9-10-11-25-39-33(42)23-16-28-14-17-29(18-15-28)35-36(41-37(40-35)31-13-12-24-38-26-31)30-19-21-32(22-20-30)45-27-34(43)44/h12-24,26H,2-11,25,27H2,1H3,(H,39,42)(H,40,41)(H,43,44)/b23-16+. The van der Waals surface area contributed by atoms with E-state index in [-0.39, 0.29) is 5.91 Å². The van der Waals surface area contributed by atoms with Crippen molar-refractivity contribution < 1.29 is 19.4 Å². The van der Waals surface area contributed by atoms with Crippen LogP contribution in [0.5, 0.6) is 5.75 Å². The molecule has 0 aliphatic carbocycles. The monoisotopic (exact) mass is 608 g/mol. The number of H-pyrrole nitrogens is 1. The number of nitrogens with zero attached hydrogens (tertiary/aromatic N) is 2. The van der Waals surface area contributed by atoms with E-state index in [9.17, 15) is 9.59 Å². The molecule has 3 N–H and O–H groups in total. The molecule has 2 heterocycles. The van der Waals surface area contributed by atoms with E-state index in [1.165, 1.54) is 51.4 Å². The third-order valence-corrected chi connectivity index (χ3v) is 7.58. The lowest BCUT2D eigenvalue weighted by Crippen LogP contribution is -2.21. The number of hydrogen-bond donors (Lipinski definition) is 3. The van der Waals surface area contributed by atoms with Gasteiger partial charge in [-0.25, -0.2) is 9.78 Å². The molecule has 0 saturated heterocycles. The number of nitrogens with one attached hydrogen (secondary N) is 2. The number of carbonyl (C=O) groups excluding carboxylic acids is 1. The Labute approximate surface area is 266 Å². The number of aromatic amines is 1. The molecule has 4 rings (SSSR count). The van der Waals surface area contributed by atoms with Gasteiger partial charge in [-0.2, -0.15) is 0 Å². The maximum atomic E-state index is 12.3. The van der Waals surface area contributed by atoms with Gasteiger partial charge in [0, 0.05) is 41.7 Å². The maximum Gasteiger partial charge on any atom is 0.341 e. The number of ether oxygens (including phenoxy) is 1. The minimum Gasteiger partial charge on any atom is -0.482 e. The summed E-state index contributed by atoms with van der Waals surface area (Å²) in [6, 6.07) is 18.9. The summed E-state index contributed by atoms with van der Waals surface area (Å²) in [5.74, 6) is 0.0394. The van der Waals surface area contributed by atoms with Crippen LogP contribution < -0.4 is 10.1 Å². The van der Waals surface area contributed by atoms with Crippen molar-refractivity contribution in [3.05, 3.63) is 84.7 Å². The Morgan fingerprint density at radius 2 is 1.51 bits per heavy atom. The third kappa shape index (κ3) is 11.1. The number of carboxylic acids is 1. The van der Waals surface area contributed by atoms with Crippen LogP contribution in [0.3, 0.4) is 0 Å².